The second-order valence-electron chi connectivity index (χ2n) is 6.52. The molecule has 0 fully saturated rings. The van der Waals surface area contributed by atoms with Crippen LogP contribution in [-0.4, -0.2) is 14.9 Å². The van der Waals surface area contributed by atoms with Gasteiger partial charge in [-0.05, 0) is 53.6 Å². The Kier molecular flexibility index (Phi) is 4.89. The van der Waals surface area contributed by atoms with Gasteiger partial charge < -0.3 is 9.97 Å². The van der Waals surface area contributed by atoms with Gasteiger partial charge >= 0.3 is 0 Å². The predicted octanol–water partition coefficient (Wildman–Crippen LogP) is 5.60. The van der Waals surface area contributed by atoms with Crippen molar-refractivity contribution in [3.63, 3.8) is 0 Å². The zero-order valence-corrected chi connectivity index (χ0v) is 15.1. The van der Waals surface area contributed by atoms with Crippen LogP contribution in [0.4, 0.5) is 5.69 Å². The Morgan fingerprint density at radius 3 is 2.29 bits per heavy atom. The van der Waals surface area contributed by atoms with Gasteiger partial charge in [0.05, 0.1) is 10.8 Å². The maximum Gasteiger partial charge on any atom is 0.269 e. The molecule has 0 aliphatic heterocycles. The molecule has 0 saturated heterocycles. The highest BCUT2D eigenvalue weighted by atomic mass is 16.6. The molecule has 1 unspecified atom stereocenters. The Hall–Kier alpha value is -3.86. The van der Waals surface area contributed by atoms with Crippen LogP contribution in [0.25, 0.3) is 12.2 Å². The number of hydrogen-bond donors (Lipinski definition) is 2. The lowest BCUT2D eigenvalue weighted by atomic mass is 9.93. The van der Waals surface area contributed by atoms with Crippen LogP contribution in [-0.2, 0) is 0 Å². The number of benzene rings is 2. The Balaban J connectivity index is 1.59. The first-order valence-corrected chi connectivity index (χ1v) is 9.00. The first-order valence-electron chi connectivity index (χ1n) is 9.00. The van der Waals surface area contributed by atoms with Gasteiger partial charge in [0.1, 0.15) is 0 Å². The number of nitrogens with one attached hydrogen (secondary N) is 2. The number of non-ortho nitro benzene ring substituents is 1. The highest BCUT2D eigenvalue weighted by Crippen LogP contribution is 2.30. The van der Waals surface area contributed by atoms with Gasteiger partial charge in [-0.1, -0.05) is 36.4 Å². The third-order valence-corrected chi connectivity index (χ3v) is 4.67. The summed E-state index contributed by atoms with van der Waals surface area (Å²) in [6.45, 7) is 0. The molecule has 138 valence electrons. The minimum absolute atomic E-state index is 0.0935. The van der Waals surface area contributed by atoms with Crippen LogP contribution in [0.15, 0.2) is 85.1 Å². The van der Waals surface area contributed by atoms with Gasteiger partial charge in [-0.2, -0.15) is 0 Å². The first-order chi connectivity index (χ1) is 13.7. The van der Waals surface area contributed by atoms with Crippen molar-refractivity contribution in [3.05, 3.63) is 123 Å². The molecule has 2 heterocycles. The van der Waals surface area contributed by atoms with Crippen LogP contribution in [0, 0.1) is 10.1 Å². The Morgan fingerprint density at radius 2 is 1.61 bits per heavy atom. The maximum absolute atomic E-state index is 10.8. The summed E-state index contributed by atoms with van der Waals surface area (Å²) in [4.78, 5) is 17.2. The van der Waals surface area contributed by atoms with Gasteiger partial charge in [0.2, 0.25) is 0 Å². The molecule has 4 aromatic rings. The molecule has 0 bridgehead atoms. The zero-order valence-electron chi connectivity index (χ0n) is 15.1. The largest absolute Gasteiger partial charge is 0.364 e. The third-order valence-electron chi connectivity index (χ3n) is 4.67. The number of H-pyrrole nitrogens is 2. The number of nitro benzene ring substituents is 1. The normalized spacial score (nSPS) is 12.3. The summed E-state index contributed by atoms with van der Waals surface area (Å²) in [5.41, 5.74) is 5.40. The molecule has 1 atom stereocenters. The number of aromatic nitrogens is 2. The standard InChI is InChI=1S/C23H19N3O2/c27-26(28)20-13-9-17(10-14-20)8-11-19-12-15-22(25-19)23(21-7-4-16-24-21)18-5-2-1-3-6-18/h1-16,23-25H/b11-8+. The smallest absolute Gasteiger partial charge is 0.269 e. The van der Waals surface area contributed by atoms with Gasteiger partial charge in [-0.15, -0.1) is 0 Å². The maximum atomic E-state index is 10.8. The molecule has 0 saturated carbocycles. The molecule has 28 heavy (non-hydrogen) atoms. The minimum atomic E-state index is -0.394. The van der Waals surface area contributed by atoms with E-state index in [1.54, 1.807) is 12.1 Å². The molecule has 0 aliphatic carbocycles. The number of rotatable bonds is 6. The summed E-state index contributed by atoms with van der Waals surface area (Å²) < 4.78 is 0. The van der Waals surface area contributed by atoms with E-state index in [1.807, 2.05) is 48.7 Å². The summed E-state index contributed by atoms with van der Waals surface area (Å²) in [6.07, 6.45) is 5.84. The lowest BCUT2D eigenvalue weighted by Gasteiger charge is -2.15. The monoisotopic (exact) mass is 369 g/mol. The van der Waals surface area contributed by atoms with E-state index in [2.05, 4.69) is 34.2 Å². The second-order valence-corrected chi connectivity index (χ2v) is 6.52. The van der Waals surface area contributed by atoms with E-state index in [0.717, 1.165) is 22.6 Å². The SMILES string of the molecule is O=[N+]([O-])c1ccc(/C=C/c2ccc(C(c3ccccc3)c3ccc[nH]3)[nH]2)cc1. The zero-order chi connectivity index (χ0) is 19.3. The molecule has 4 rings (SSSR count). The van der Waals surface area contributed by atoms with Crippen molar-refractivity contribution in [3.8, 4) is 0 Å². The van der Waals surface area contributed by atoms with Gasteiger partial charge in [0.15, 0.2) is 0 Å². The van der Waals surface area contributed by atoms with E-state index in [1.165, 1.54) is 17.7 Å². The predicted molar refractivity (Wildman–Crippen MR) is 111 cm³/mol. The van der Waals surface area contributed by atoms with Crippen molar-refractivity contribution >= 4 is 17.8 Å². The number of nitrogens with zero attached hydrogens (tertiary/aromatic N) is 1. The van der Waals surface area contributed by atoms with Crippen LogP contribution in [0.1, 0.15) is 34.1 Å². The minimum Gasteiger partial charge on any atom is -0.364 e. The van der Waals surface area contributed by atoms with Crippen molar-refractivity contribution < 1.29 is 4.92 Å². The molecule has 0 aliphatic rings. The molecule has 0 radical (unpaired) electrons. The third kappa shape index (κ3) is 3.78. The highest BCUT2D eigenvalue weighted by Gasteiger charge is 2.18. The van der Waals surface area contributed by atoms with Crippen molar-refractivity contribution in [2.24, 2.45) is 0 Å². The van der Waals surface area contributed by atoms with E-state index in [0.29, 0.717) is 0 Å². The van der Waals surface area contributed by atoms with Crippen LogP contribution in [0.3, 0.4) is 0 Å². The Morgan fingerprint density at radius 1 is 0.821 bits per heavy atom. The number of aromatic amines is 2. The topological polar surface area (TPSA) is 74.7 Å². The second kappa shape index (κ2) is 7.80. The first kappa shape index (κ1) is 17.5. The Labute approximate surface area is 162 Å². The average molecular weight is 369 g/mol. The summed E-state index contributed by atoms with van der Waals surface area (Å²) in [5, 5.41) is 10.8. The van der Waals surface area contributed by atoms with E-state index >= 15 is 0 Å². The highest BCUT2D eigenvalue weighted by molar-refractivity contribution is 5.69. The van der Waals surface area contributed by atoms with Gasteiger partial charge in [0, 0.05) is 35.4 Å². The van der Waals surface area contributed by atoms with Crippen LogP contribution in [0.2, 0.25) is 0 Å². The fourth-order valence-electron chi connectivity index (χ4n) is 3.28. The van der Waals surface area contributed by atoms with E-state index in [-0.39, 0.29) is 11.6 Å². The van der Waals surface area contributed by atoms with E-state index in [9.17, 15) is 10.1 Å². The van der Waals surface area contributed by atoms with Crippen molar-refractivity contribution in [1.82, 2.24) is 9.97 Å². The van der Waals surface area contributed by atoms with E-state index < -0.39 is 4.92 Å². The molecule has 2 N–H and O–H groups in total. The molecule has 2 aromatic carbocycles. The molecule has 0 spiro atoms. The molecule has 2 aromatic heterocycles. The molecular weight excluding hydrogens is 350 g/mol. The molecule has 0 amide bonds. The molecule has 5 heteroatoms. The van der Waals surface area contributed by atoms with Crippen molar-refractivity contribution in [2.45, 2.75) is 5.92 Å². The molecule has 5 nitrogen and oxygen atoms in total. The van der Waals surface area contributed by atoms with Gasteiger partial charge in [-0.3, -0.25) is 10.1 Å². The Bertz CT molecular complexity index is 1080. The van der Waals surface area contributed by atoms with Gasteiger partial charge in [0.25, 0.3) is 5.69 Å². The number of hydrogen-bond acceptors (Lipinski definition) is 2. The number of nitro groups is 1. The van der Waals surface area contributed by atoms with Gasteiger partial charge in [-0.25, -0.2) is 0 Å². The van der Waals surface area contributed by atoms with Crippen molar-refractivity contribution in [2.75, 3.05) is 0 Å². The van der Waals surface area contributed by atoms with Crippen LogP contribution in [0.5, 0.6) is 0 Å². The fraction of sp³-hybridized carbons (Fsp3) is 0.0435. The lowest BCUT2D eigenvalue weighted by molar-refractivity contribution is -0.384. The van der Waals surface area contributed by atoms with Crippen LogP contribution >= 0.6 is 0 Å². The lowest BCUT2D eigenvalue weighted by Crippen LogP contribution is -2.04. The summed E-state index contributed by atoms with van der Waals surface area (Å²) in [6, 6.07) is 25.1. The fourth-order valence-corrected chi connectivity index (χ4v) is 3.28. The molecular formula is C23H19N3O2. The van der Waals surface area contributed by atoms with Crippen LogP contribution < -0.4 is 0 Å². The summed E-state index contributed by atoms with van der Waals surface area (Å²) in [7, 11) is 0. The average Bonchev–Trinajstić information content (AvgIpc) is 3.41. The van der Waals surface area contributed by atoms with E-state index in [4.69, 9.17) is 0 Å². The summed E-state index contributed by atoms with van der Waals surface area (Å²) >= 11 is 0. The summed E-state index contributed by atoms with van der Waals surface area (Å²) in [5.74, 6) is 0.0951. The van der Waals surface area contributed by atoms with Crippen molar-refractivity contribution in [1.29, 1.82) is 0 Å². The quantitative estimate of drug-likeness (QED) is 0.343.